The minimum atomic E-state index is -0.122. The van der Waals surface area contributed by atoms with E-state index in [-0.39, 0.29) is 5.91 Å². The lowest BCUT2D eigenvalue weighted by Crippen LogP contribution is -2.07. The maximum Gasteiger partial charge on any atom is 0.221 e. The molecule has 3 rings (SSSR count). The first-order valence-electron chi connectivity index (χ1n) is 6.91. The van der Waals surface area contributed by atoms with Gasteiger partial charge in [0.25, 0.3) is 0 Å². The number of nitrogens with one attached hydrogen (secondary N) is 1. The summed E-state index contributed by atoms with van der Waals surface area (Å²) in [7, 11) is 0. The van der Waals surface area contributed by atoms with Crippen LogP contribution in [-0.2, 0) is 10.5 Å². The molecular formula is C15H14N6OS. The molecule has 1 N–H and O–H groups in total. The normalized spacial score (nSPS) is 10.5. The summed E-state index contributed by atoms with van der Waals surface area (Å²) in [5, 5.41) is 15.2. The van der Waals surface area contributed by atoms with E-state index in [1.54, 1.807) is 10.9 Å². The second-order valence-electron chi connectivity index (χ2n) is 4.71. The maximum atomic E-state index is 11.2. The van der Waals surface area contributed by atoms with Crippen LogP contribution in [0.4, 0.5) is 5.69 Å². The molecule has 8 heteroatoms. The number of benzene rings is 1. The fourth-order valence-corrected chi connectivity index (χ4v) is 2.78. The third-order valence-electron chi connectivity index (χ3n) is 2.93. The number of hydrogen-bond acceptors (Lipinski definition) is 6. The molecule has 0 radical (unpaired) electrons. The van der Waals surface area contributed by atoms with Crippen LogP contribution in [0.25, 0.3) is 5.69 Å². The molecule has 1 aromatic carbocycles. The molecule has 2 heterocycles. The SMILES string of the molecule is CC(=O)Nc1cccc(-n2nnnc2SCc2ccccn2)c1. The number of rotatable bonds is 5. The van der Waals surface area contributed by atoms with Crippen molar-refractivity contribution in [3.63, 3.8) is 0 Å². The Bertz CT molecular complexity index is 804. The van der Waals surface area contributed by atoms with Crippen molar-refractivity contribution in [3.8, 4) is 5.69 Å². The van der Waals surface area contributed by atoms with Gasteiger partial charge in [-0.1, -0.05) is 23.9 Å². The fraction of sp³-hybridized carbons (Fsp3) is 0.133. The van der Waals surface area contributed by atoms with Gasteiger partial charge in [0, 0.05) is 24.6 Å². The van der Waals surface area contributed by atoms with Gasteiger partial charge in [0.05, 0.1) is 11.4 Å². The molecule has 23 heavy (non-hydrogen) atoms. The van der Waals surface area contributed by atoms with E-state index in [4.69, 9.17) is 0 Å². The van der Waals surface area contributed by atoms with Crippen LogP contribution in [-0.4, -0.2) is 31.1 Å². The van der Waals surface area contributed by atoms with E-state index in [1.807, 2.05) is 42.5 Å². The van der Waals surface area contributed by atoms with E-state index in [1.165, 1.54) is 18.7 Å². The first-order valence-corrected chi connectivity index (χ1v) is 7.90. The van der Waals surface area contributed by atoms with Gasteiger partial charge in [-0.3, -0.25) is 9.78 Å². The highest BCUT2D eigenvalue weighted by molar-refractivity contribution is 7.98. The van der Waals surface area contributed by atoms with E-state index in [0.717, 1.165) is 11.4 Å². The van der Waals surface area contributed by atoms with Crippen molar-refractivity contribution in [1.29, 1.82) is 0 Å². The first-order chi connectivity index (χ1) is 11.2. The van der Waals surface area contributed by atoms with Gasteiger partial charge < -0.3 is 5.32 Å². The fourth-order valence-electron chi connectivity index (χ4n) is 1.97. The Hall–Kier alpha value is -2.74. The number of hydrogen-bond donors (Lipinski definition) is 1. The molecule has 116 valence electrons. The van der Waals surface area contributed by atoms with Gasteiger partial charge in [-0.25, -0.2) is 0 Å². The highest BCUT2D eigenvalue weighted by Crippen LogP contribution is 2.22. The Labute approximate surface area is 137 Å². The van der Waals surface area contributed by atoms with Gasteiger partial charge in [-0.2, -0.15) is 4.68 Å². The number of thioether (sulfide) groups is 1. The number of anilines is 1. The molecule has 0 bridgehead atoms. The van der Waals surface area contributed by atoms with E-state index >= 15 is 0 Å². The zero-order chi connectivity index (χ0) is 16.1. The van der Waals surface area contributed by atoms with Crippen molar-refractivity contribution >= 4 is 23.4 Å². The highest BCUT2D eigenvalue weighted by Gasteiger charge is 2.10. The molecule has 0 aliphatic rings. The van der Waals surface area contributed by atoms with Crippen molar-refractivity contribution in [2.45, 2.75) is 17.8 Å². The summed E-state index contributed by atoms with van der Waals surface area (Å²) in [6.07, 6.45) is 1.76. The molecule has 0 atom stereocenters. The summed E-state index contributed by atoms with van der Waals surface area (Å²) < 4.78 is 1.64. The summed E-state index contributed by atoms with van der Waals surface area (Å²) >= 11 is 1.50. The van der Waals surface area contributed by atoms with E-state index in [2.05, 4.69) is 25.8 Å². The molecule has 0 fully saturated rings. The van der Waals surface area contributed by atoms with Crippen LogP contribution in [0.5, 0.6) is 0 Å². The number of amides is 1. The van der Waals surface area contributed by atoms with Gasteiger partial charge in [-0.05, 0) is 40.8 Å². The molecule has 0 saturated heterocycles. The number of tetrazole rings is 1. The van der Waals surface area contributed by atoms with Crippen molar-refractivity contribution in [3.05, 3.63) is 54.4 Å². The van der Waals surface area contributed by atoms with Crippen LogP contribution >= 0.6 is 11.8 Å². The second kappa shape index (κ2) is 7.01. The molecule has 7 nitrogen and oxygen atoms in total. The number of pyridine rings is 1. The quantitative estimate of drug-likeness (QED) is 0.724. The topological polar surface area (TPSA) is 85.6 Å². The average Bonchev–Trinajstić information content (AvgIpc) is 3.02. The van der Waals surface area contributed by atoms with E-state index in [9.17, 15) is 4.79 Å². The summed E-state index contributed by atoms with van der Waals surface area (Å²) in [6, 6.07) is 13.1. The van der Waals surface area contributed by atoms with Crippen molar-refractivity contribution in [2.24, 2.45) is 0 Å². The zero-order valence-corrected chi connectivity index (χ0v) is 13.2. The maximum absolute atomic E-state index is 11.2. The number of carbonyl (C=O) groups is 1. The largest absolute Gasteiger partial charge is 0.326 e. The average molecular weight is 326 g/mol. The van der Waals surface area contributed by atoms with Gasteiger partial charge >= 0.3 is 0 Å². The van der Waals surface area contributed by atoms with Crippen LogP contribution in [0.15, 0.2) is 53.8 Å². The smallest absolute Gasteiger partial charge is 0.221 e. The summed E-state index contributed by atoms with van der Waals surface area (Å²) in [5.74, 6) is 0.552. The predicted octanol–water partition coefficient (Wildman–Crippen LogP) is 2.31. The van der Waals surface area contributed by atoms with Crippen LogP contribution in [0, 0.1) is 0 Å². The van der Waals surface area contributed by atoms with Crippen LogP contribution in [0.3, 0.4) is 0 Å². The summed E-state index contributed by atoms with van der Waals surface area (Å²) in [4.78, 5) is 15.4. The Morgan fingerprint density at radius 3 is 2.96 bits per heavy atom. The molecule has 1 amide bonds. The standard InChI is InChI=1S/C15H14N6OS/c1-11(22)17-12-6-4-7-14(9-12)21-15(18-19-20-21)23-10-13-5-2-3-8-16-13/h2-9H,10H2,1H3,(H,17,22). The predicted molar refractivity (Wildman–Crippen MR) is 87.3 cm³/mol. The number of aromatic nitrogens is 5. The van der Waals surface area contributed by atoms with Gasteiger partial charge in [0.1, 0.15) is 0 Å². The first kappa shape index (κ1) is 15.2. The Balaban J connectivity index is 1.79. The third-order valence-corrected chi connectivity index (χ3v) is 3.88. The molecule has 0 unspecified atom stereocenters. The number of nitrogens with zero attached hydrogens (tertiary/aromatic N) is 5. The molecule has 0 aliphatic carbocycles. The molecule has 0 spiro atoms. The minimum absolute atomic E-state index is 0.122. The Kier molecular flexibility index (Phi) is 4.62. The van der Waals surface area contributed by atoms with Crippen molar-refractivity contribution in [2.75, 3.05) is 5.32 Å². The van der Waals surface area contributed by atoms with E-state index < -0.39 is 0 Å². The zero-order valence-electron chi connectivity index (χ0n) is 12.4. The van der Waals surface area contributed by atoms with Crippen LogP contribution in [0.2, 0.25) is 0 Å². The van der Waals surface area contributed by atoms with E-state index in [0.29, 0.717) is 16.6 Å². The van der Waals surface area contributed by atoms with Crippen LogP contribution in [0.1, 0.15) is 12.6 Å². The molecule has 0 saturated carbocycles. The lowest BCUT2D eigenvalue weighted by molar-refractivity contribution is -0.114. The Morgan fingerprint density at radius 2 is 2.17 bits per heavy atom. The molecule has 3 aromatic rings. The monoisotopic (exact) mass is 326 g/mol. The lowest BCUT2D eigenvalue weighted by Gasteiger charge is -2.07. The van der Waals surface area contributed by atoms with Gasteiger partial charge in [0.15, 0.2) is 0 Å². The van der Waals surface area contributed by atoms with Crippen molar-refractivity contribution in [1.82, 2.24) is 25.2 Å². The summed E-state index contributed by atoms with van der Waals surface area (Å²) in [5.41, 5.74) is 2.44. The third kappa shape index (κ3) is 3.92. The second-order valence-corrected chi connectivity index (χ2v) is 5.66. The number of carbonyl (C=O) groups excluding carboxylic acids is 1. The minimum Gasteiger partial charge on any atom is -0.326 e. The van der Waals surface area contributed by atoms with Gasteiger partial charge in [0.2, 0.25) is 11.1 Å². The molecule has 0 aliphatic heterocycles. The van der Waals surface area contributed by atoms with Gasteiger partial charge in [-0.15, -0.1) is 5.10 Å². The lowest BCUT2D eigenvalue weighted by atomic mass is 10.3. The summed E-state index contributed by atoms with van der Waals surface area (Å²) in [6.45, 7) is 1.47. The highest BCUT2D eigenvalue weighted by atomic mass is 32.2. The Morgan fingerprint density at radius 1 is 1.26 bits per heavy atom. The molecular weight excluding hydrogens is 312 g/mol. The van der Waals surface area contributed by atoms with Crippen LogP contribution < -0.4 is 5.32 Å². The van der Waals surface area contributed by atoms with Crippen molar-refractivity contribution < 1.29 is 4.79 Å². The molecule has 2 aromatic heterocycles.